The lowest BCUT2D eigenvalue weighted by atomic mass is 9.95. The fraction of sp³-hybridized carbons (Fsp3) is 0.519. The molecule has 3 aliphatic heterocycles. The molecule has 8 heteroatoms. The number of anilines is 1. The van der Waals surface area contributed by atoms with Gasteiger partial charge in [0, 0.05) is 51.2 Å². The molecule has 0 radical (unpaired) electrons. The summed E-state index contributed by atoms with van der Waals surface area (Å²) >= 11 is 0. The second-order valence-electron chi connectivity index (χ2n) is 10.0. The van der Waals surface area contributed by atoms with Gasteiger partial charge in [0.15, 0.2) is 0 Å². The molecule has 35 heavy (non-hydrogen) atoms. The molecule has 3 saturated heterocycles. The van der Waals surface area contributed by atoms with E-state index < -0.39 is 0 Å². The number of piperidine rings is 1. The summed E-state index contributed by atoms with van der Waals surface area (Å²) in [7, 11) is 0. The number of amides is 2. The summed E-state index contributed by atoms with van der Waals surface area (Å²) in [5, 5.41) is 0. The van der Waals surface area contributed by atoms with Crippen molar-refractivity contribution >= 4 is 17.5 Å². The number of piperazine rings is 1. The standard InChI is InChI=1S/C27H36N6O2/c1-19-7-5-10-25(20(19)2)31-13-15-32(16-14-31)26(34)21-8-6-12-33(18-21)27(35)24-17-23(29-30-24)22-9-3-4-11-28-22/h3-5,7,9-11,21,23-24,29-30H,6,8,12-18H2,1-2H3. The third kappa shape index (κ3) is 5.04. The number of benzene rings is 1. The molecule has 1 aromatic heterocycles. The number of carbonyl (C=O) groups excluding carboxylic acids is 2. The first kappa shape index (κ1) is 23.8. The van der Waals surface area contributed by atoms with Crippen LogP contribution in [0.4, 0.5) is 5.69 Å². The van der Waals surface area contributed by atoms with Gasteiger partial charge in [0.1, 0.15) is 6.04 Å². The van der Waals surface area contributed by atoms with Gasteiger partial charge in [0.25, 0.3) is 0 Å². The van der Waals surface area contributed by atoms with E-state index in [1.165, 1.54) is 16.8 Å². The highest BCUT2D eigenvalue weighted by Gasteiger charge is 2.37. The lowest BCUT2D eigenvalue weighted by Crippen LogP contribution is -2.54. The minimum absolute atomic E-state index is 0.0145. The molecule has 2 amide bonds. The fourth-order valence-electron chi connectivity index (χ4n) is 5.60. The minimum atomic E-state index is -0.294. The molecule has 3 unspecified atom stereocenters. The number of rotatable bonds is 4. The van der Waals surface area contributed by atoms with Gasteiger partial charge in [-0.1, -0.05) is 18.2 Å². The van der Waals surface area contributed by atoms with Crippen LogP contribution in [0.3, 0.4) is 0 Å². The molecule has 2 N–H and O–H groups in total. The summed E-state index contributed by atoms with van der Waals surface area (Å²) in [6.45, 7) is 8.70. The summed E-state index contributed by atoms with van der Waals surface area (Å²) in [4.78, 5) is 37.3. The average Bonchev–Trinajstić information content (AvgIpc) is 3.41. The number of likely N-dealkylation sites (tertiary alicyclic amines) is 1. The molecule has 0 saturated carbocycles. The Bertz CT molecular complexity index is 1050. The van der Waals surface area contributed by atoms with E-state index in [1.54, 1.807) is 6.20 Å². The predicted molar refractivity (Wildman–Crippen MR) is 136 cm³/mol. The zero-order chi connectivity index (χ0) is 24.4. The smallest absolute Gasteiger partial charge is 0.241 e. The molecule has 0 aliphatic carbocycles. The summed E-state index contributed by atoms with van der Waals surface area (Å²) in [5.74, 6) is 0.168. The van der Waals surface area contributed by atoms with Crippen molar-refractivity contribution in [3.63, 3.8) is 0 Å². The van der Waals surface area contributed by atoms with Gasteiger partial charge in [-0.15, -0.1) is 0 Å². The van der Waals surface area contributed by atoms with E-state index >= 15 is 0 Å². The second kappa shape index (κ2) is 10.3. The maximum absolute atomic E-state index is 13.4. The van der Waals surface area contributed by atoms with Crippen molar-refractivity contribution in [1.82, 2.24) is 25.6 Å². The monoisotopic (exact) mass is 476 g/mol. The highest BCUT2D eigenvalue weighted by molar-refractivity contribution is 5.84. The van der Waals surface area contributed by atoms with Crippen LogP contribution in [-0.4, -0.2) is 71.9 Å². The van der Waals surface area contributed by atoms with Gasteiger partial charge in [-0.2, -0.15) is 0 Å². The van der Waals surface area contributed by atoms with Gasteiger partial charge in [-0.3, -0.25) is 14.6 Å². The van der Waals surface area contributed by atoms with Crippen LogP contribution >= 0.6 is 0 Å². The number of carbonyl (C=O) groups is 2. The lowest BCUT2D eigenvalue weighted by Gasteiger charge is -2.40. The molecule has 0 bridgehead atoms. The van der Waals surface area contributed by atoms with E-state index in [2.05, 4.69) is 52.8 Å². The molecular formula is C27H36N6O2. The minimum Gasteiger partial charge on any atom is -0.368 e. The van der Waals surface area contributed by atoms with E-state index in [1.807, 2.05) is 28.0 Å². The fourth-order valence-corrected chi connectivity index (χ4v) is 5.60. The van der Waals surface area contributed by atoms with Crippen LogP contribution in [0.1, 0.15) is 42.1 Å². The molecule has 2 aromatic rings. The largest absolute Gasteiger partial charge is 0.368 e. The quantitative estimate of drug-likeness (QED) is 0.704. The van der Waals surface area contributed by atoms with E-state index in [4.69, 9.17) is 0 Å². The molecule has 5 rings (SSSR count). The van der Waals surface area contributed by atoms with Crippen LogP contribution in [0, 0.1) is 19.8 Å². The molecule has 186 valence electrons. The van der Waals surface area contributed by atoms with Crippen LogP contribution in [-0.2, 0) is 9.59 Å². The first-order valence-electron chi connectivity index (χ1n) is 12.8. The number of hydrogen-bond donors (Lipinski definition) is 2. The van der Waals surface area contributed by atoms with Crippen molar-refractivity contribution in [3.8, 4) is 0 Å². The van der Waals surface area contributed by atoms with Gasteiger partial charge >= 0.3 is 0 Å². The Labute approximate surface area is 207 Å². The van der Waals surface area contributed by atoms with Crippen molar-refractivity contribution in [2.75, 3.05) is 44.2 Å². The zero-order valence-electron chi connectivity index (χ0n) is 20.7. The highest BCUT2D eigenvalue weighted by atomic mass is 16.2. The number of aryl methyl sites for hydroxylation is 1. The number of pyridine rings is 1. The third-order valence-electron chi connectivity index (χ3n) is 7.84. The normalized spacial score (nSPS) is 25.1. The van der Waals surface area contributed by atoms with E-state index in [0.717, 1.165) is 51.3 Å². The van der Waals surface area contributed by atoms with E-state index in [9.17, 15) is 9.59 Å². The number of hydrogen-bond acceptors (Lipinski definition) is 6. The Hall–Kier alpha value is -2.97. The predicted octanol–water partition coefficient (Wildman–Crippen LogP) is 2.19. The van der Waals surface area contributed by atoms with Gasteiger partial charge in [0.05, 0.1) is 17.7 Å². The Kier molecular flexibility index (Phi) is 7.02. The Morgan fingerprint density at radius 1 is 0.914 bits per heavy atom. The summed E-state index contributed by atoms with van der Waals surface area (Å²) in [5.41, 5.74) is 11.2. The first-order valence-corrected chi connectivity index (χ1v) is 12.8. The van der Waals surface area contributed by atoms with Gasteiger partial charge < -0.3 is 14.7 Å². The van der Waals surface area contributed by atoms with Crippen LogP contribution < -0.4 is 15.8 Å². The maximum Gasteiger partial charge on any atom is 0.241 e. The molecular weight excluding hydrogens is 440 g/mol. The van der Waals surface area contributed by atoms with Crippen molar-refractivity contribution in [2.24, 2.45) is 5.92 Å². The topological polar surface area (TPSA) is 80.8 Å². The van der Waals surface area contributed by atoms with Gasteiger partial charge in [-0.25, -0.2) is 10.9 Å². The lowest BCUT2D eigenvalue weighted by molar-refractivity contribution is -0.142. The van der Waals surface area contributed by atoms with Crippen LogP contribution in [0.25, 0.3) is 0 Å². The SMILES string of the molecule is Cc1cccc(N2CCN(C(=O)C3CCCN(C(=O)C4CC(c5ccccn5)NN4)C3)CC2)c1C. The summed E-state index contributed by atoms with van der Waals surface area (Å²) in [6.07, 6.45) is 4.15. The first-order chi connectivity index (χ1) is 17.0. The molecule has 3 aliphatic rings. The number of hydrazine groups is 1. The molecule has 4 heterocycles. The molecule has 3 fully saturated rings. The summed E-state index contributed by atoms with van der Waals surface area (Å²) < 4.78 is 0. The van der Waals surface area contributed by atoms with Crippen molar-refractivity contribution in [3.05, 3.63) is 59.4 Å². The second-order valence-corrected chi connectivity index (χ2v) is 10.0. The Balaban J connectivity index is 1.15. The molecule has 3 atom stereocenters. The van der Waals surface area contributed by atoms with Crippen molar-refractivity contribution < 1.29 is 9.59 Å². The molecule has 8 nitrogen and oxygen atoms in total. The third-order valence-corrected chi connectivity index (χ3v) is 7.84. The van der Waals surface area contributed by atoms with Crippen LogP contribution in [0.15, 0.2) is 42.6 Å². The van der Waals surface area contributed by atoms with E-state index in [-0.39, 0.29) is 29.8 Å². The highest BCUT2D eigenvalue weighted by Crippen LogP contribution is 2.27. The van der Waals surface area contributed by atoms with E-state index in [0.29, 0.717) is 13.0 Å². The van der Waals surface area contributed by atoms with Crippen molar-refractivity contribution in [2.45, 2.75) is 45.2 Å². The molecule has 0 spiro atoms. The van der Waals surface area contributed by atoms with Gasteiger partial charge in [-0.05, 0) is 62.4 Å². The number of nitrogens with one attached hydrogen (secondary N) is 2. The number of nitrogens with zero attached hydrogens (tertiary/aromatic N) is 4. The summed E-state index contributed by atoms with van der Waals surface area (Å²) in [6, 6.07) is 12.0. The molecule has 1 aromatic carbocycles. The zero-order valence-corrected chi connectivity index (χ0v) is 20.7. The van der Waals surface area contributed by atoms with Gasteiger partial charge in [0.2, 0.25) is 11.8 Å². The maximum atomic E-state index is 13.4. The van der Waals surface area contributed by atoms with Crippen LogP contribution in [0.5, 0.6) is 0 Å². The Morgan fingerprint density at radius 3 is 2.51 bits per heavy atom. The van der Waals surface area contributed by atoms with Crippen LogP contribution in [0.2, 0.25) is 0 Å². The Morgan fingerprint density at radius 2 is 1.74 bits per heavy atom. The van der Waals surface area contributed by atoms with Crippen molar-refractivity contribution in [1.29, 1.82) is 0 Å². The number of aromatic nitrogens is 1. The average molecular weight is 477 g/mol.